The van der Waals surface area contributed by atoms with Crippen LogP contribution in [0, 0.1) is 12.8 Å². The largest absolute Gasteiger partial charge is 0.391 e. The van der Waals surface area contributed by atoms with Crippen molar-refractivity contribution < 1.29 is 5.11 Å². The number of aliphatic hydroxyl groups is 1. The molecule has 2 aromatic heterocycles. The van der Waals surface area contributed by atoms with Crippen molar-refractivity contribution in [2.75, 3.05) is 24.5 Å². The molecule has 7 nitrogen and oxygen atoms in total. The van der Waals surface area contributed by atoms with Gasteiger partial charge in [-0.05, 0) is 43.0 Å². The molecule has 0 aromatic carbocycles. The fourth-order valence-electron chi connectivity index (χ4n) is 4.86. The lowest BCUT2D eigenvalue weighted by Crippen LogP contribution is -2.46. The van der Waals surface area contributed by atoms with Crippen LogP contribution in [0.3, 0.4) is 0 Å². The number of aromatic nitrogens is 2. The minimum Gasteiger partial charge on any atom is -0.391 e. The Kier molecular flexibility index (Phi) is 4.76. The summed E-state index contributed by atoms with van der Waals surface area (Å²) in [5.74, 6) is 1.47. The van der Waals surface area contributed by atoms with Gasteiger partial charge in [0, 0.05) is 50.0 Å². The third kappa shape index (κ3) is 3.28. The maximum absolute atomic E-state index is 9.92. The Labute approximate surface area is 165 Å². The molecule has 148 valence electrons. The number of hydrogen-bond donors (Lipinski definition) is 4. The monoisotopic (exact) mass is 380 g/mol. The molecular weight excluding hydrogens is 352 g/mol. The molecule has 3 aliphatic rings. The highest BCUT2D eigenvalue weighted by molar-refractivity contribution is 5.48. The average Bonchev–Trinajstić information content (AvgIpc) is 3.35. The van der Waals surface area contributed by atoms with Gasteiger partial charge < -0.3 is 15.3 Å². The topological polar surface area (TPSA) is 85.3 Å². The number of hydrazine groups is 1. The van der Waals surface area contributed by atoms with Crippen molar-refractivity contribution in [3.63, 3.8) is 0 Å². The first kappa shape index (κ1) is 18.0. The van der Waals surface area contributed by atoms with Gasteiger partial charge in [0.05, 0.1) is 17.8 Å². The van der Waals surface area contributed by atoms with Crippen LogP contribution >= 0.6 is 0 Å². The Morgan fingerprint density at radius 2 is 2.14 bits per heavy atom. The summed E-state index contributed by atoms with van der Waals surface area (Å²) in [4.78, 5) is 11.5. The quantitative estimate of drug-likeness (QED) is 0.637. The van der Waals surface area contributed by atoms with Gasteiger partial charge in [-0.3, -0.25) is 10.4 Å². The molecule has 28 heavy (non-hydrogen) atoms. The first-order valence-corrected chi connectivity index (χ1v) is 10.2. The Bertz CT molecular complexity index is 831. The average molecular weight is 380 g/mol. The Morgan fingerprint density at radius 1 is 1.21 bits per heavy atom. The van der Waals surface area contributed by atoms with E-state index >= 15 is 0 Å². The maximum Gasteiger partial charge on any atom is 0.131 e. The van der Waals surface area contributed by atoms with E-state index < -0.39 is 0 Å². The molecule has 0 radical (unpaired) electrons. The van der Waals surface area contributed by atoms with Gasteiger partial charge in [-0.25, -0.2) is 10.4 Å². The Balaban J connectivity index is 1.39. The third-order valence-electron chi connectivity index (χ3n) is 6.42. The number of hydrogen-bond acceptors (Lipinski definition) is 7. The van der Waals surface area contributed by atoms with Gasteiger partial charge in [-0.15, -0.1) is 0 Å². The lowest BCUT2D eigenvalue weighted by molar-refractivity contribution is 0.198. The fourth-order valence-corrected chi connectivity index (χ4v) is 4.86. The van der Waals surface area contributed by atoms with Crippen LogP contribution in [-0.2, 0) is 0 Å². The van der Waals surface area contributed by atoms with Crippen molar-refractivity contribution in [3.05, 3.63) is 53.5 Å². The lowest BCUT2D eigenvalue weighted by Gasteiger charge is -2.34. The summed E-state index contributed by atoms with van der Waals surface area (Å²) < 4.78 is 0. The van der Waals surface area contributed by atoms with Crippen molar-refractivity contribution in [3.8, 4) is 0 Å². The molecule has 3 aliphatic heterocycles. The van der Waals surface area contributed by atoms with Crippen LogP contribution in [0.2, 0.25) is 0 Å². The first-order valence-electron chi connectivity index (χ1n) is 10.2. The SMILES string of the molecule is Cc1ccc(C2NNC3CNC(c4cccnc4)CC32)nc1N1CC[C@H](O)C1. The molecule has 3 fully saturated rings. The molecule has 0 amide bonds. The van der Waals surface area contributed by atoms with Crippen molar-refractivity contribution in [1.82, 2.24) is 26.1 Å². The van der Waals surface area contributed by atoms with E-state index in [9.17, 15) is 5.11 Å². The van der Waals surface area contributed by atoms with Gasteiger partial charge >= 0.3 is 0 Å². The summed E-state index contributed by atoms with van der Waals surface area (Å²) in [7, 11) is 0. The lowest BCUT2D eigenvalue weighted by atomic mass is 9.81. The van der Waals surface area contributed by atoms with Crippen LogP contribution in [0.5, 0.6) is 0 Å². The summed E-state index contributed by atoms with van der Waals surface area (Å²) in [5, 5.41) is 13.6. The highest BCUT2D eigenvalue weighted by Gasteiger charge is 2.42. The highest BCUT2D eigenvalue weighted by atomic mass is 16.3. The zero-order valence-corrected chi connectivity index (χ0v) is 16.2. The Hall–Kier alpha value is -2.06. The molecule has 0 spiro atoms. The number of β-amino-alcohol motifs (C(OH)–C–C–N with tert-alkyl or cyclic N) is 1. The maximum atomic E-state index is 9.92. The van der Waals surface area contributed by atoms with Crippen molar-refractivity contribution in [2.24, 2.45) is 5.92 Å². The molecule has 2 aromatic rings. The van der Waals surface area contributed by atoms with Crippen molar-refractivity contribution >= 4 is 5.82 Å². The van der Waals surface area contributed by atoms with Crippen LogP contribution in [0.4, 0.5) is 5.82 Å². The normalized spacial score (nSPS) is 32.5. The van der Waals surface area contributed by atoms with E-state index in [4.69, 9.17) is 4.98 Å². The number of nitrogens with one attached hydrogen (secondary N) is 3. The Morgan fingerprint density at radius 3 is 2.93 bits per heavy atom. The van der Waals surface area contributed by atoms with E-state index in [0.717, 1.165) is 37.4 Å². The molecular formula is C21H28N6O. The molecule has 4 N–H and O–H groups in total. The number of aliphatic hydroxyl groups excluding tert-OH is 1. The first-order chi connectivity index (χ1) is 13.7. The standard InChI is InChI=1S/C21H28N6O/c1-13-4-5-17(24-21(13)27-8-6-15(28)12-27)20-16-9-18(14-3-2-7-22-10-14)23-11-19(16)25-26-20/h2-5,7,10,15-16,18-20,23,25-26,28H,6,8-9,11-12H2,1H3/t15-,16?,18?,19?,20?/m0/s1. The number of rotatable bonds is 3. The number of pyridine rings is 2. The number of piperidine rings is 1. The number of nitrogens with zero attached hydrogens (tertiary/aromatic N) is 3. The molecule has 3 saturated heterocycles. The molecule has 5 atom stereocenters. The smallest absolute Gasteiger partial charge is 0.131 e. The number of anilines is 1. The molecule has 0 bridgehead atoms. The van der Waals surface area contributed by atoms with Crippen LogP contribution in [0.15, 0.2) is 36.7 Å². The summed E-state index contributed by atoms with van der Waals surface area (Å²) in [6.45, 7) is 4.56. The predicted molar refractivity (Wildman–Crippen MR) is 108 cm³/mol. The second-order valence-corrected chi connectivity index (χ2v) is 8.28. The zero-order chi connectivity index (χ0) is 19.1. The zero-order valence-electron chi connectivity index (χ0n) is 16.2. The van der Waals surface area contributed by atoms with Gasteiger partial charge in [-0.2, -0.15) is 0 Å². The van der Waals surface area contributed by atoms with Crippen molar-refractivity contribution in [1.29, 1.82) is 0 Å². The van der Waals surface area contributed by atoms with E-state index in [1.807, 2.05) is 18.5 Å². The predicted octanol–water partition coefficient (Wildman–Crippen LogP) is 1.22. The summed E-state index contributed by atoms with van der Waals surface area (Å²) in [5.41, 5.74) is 10.5. The summed E-state index contributed by atoms with van der Waals surface area (Å²) in [6.07, 6.45) is 5.39. The van der Waals surface area contributed by atoms with Crippen LogP contribution in [0.1, 0.15) is 41.7 Å². The third-order valence-corrected chi connectivity index (χ3v) is 6.42. The molecule has 5 heterocycles. The van der Waals surface area contributed by atoms with Crippen molar-refractivity contribution in [2.45, 2.75) is 44.0 Å². The van der Waals surface area contributed by atoms with E-state index in [1.54, 1.807) is 0 Å². The number of fused-ring (bicyclic) bond motifs is 1. The molecule has 5 rings (SSSR count). The fraction of sp³-hybridized carbons (Fsp3) is 0.524. The molecule has 0 aliphatic carbocycles. The van der Waals surface area contributed by atoms with Gasteiger partial charge in [0.15, 0.2) is 0 Å². The highest BCUT2D eigenvalue weighted by Crippen LogP contribution is 2.38. The van der Waals surface area contributed by atoms with E-state index in [2.05, 4.69) is 51.2 Å². The second-order valence-electron chi connectivity index (χ2n) is 8.28. The molecule has 7 heteroatoms. The second kappa shape index (κ2) is 7.40. The van der Waals surface area contributed by atoms with Gasteiger partial charge in [0.1, 0.15) is 5.82 Å². The van der Waals surface area contributed by atoms with E-state index in [-0.39, 0.29) is 12.1 Å². The van der Waals surface area contributed by atoms with Crippen LogP contribution in [-0.4, -0.2) is 46.9 Å². The van der Waals surface area contributed by atoms with Crippen LogP contribution < -0.4 is 21.1 Å². The minimum atomic E-state index is -0.245. The van der Waals surface area contributed by atoms with Gasteiger partial charge in [0.2, 0.25) is 0 Å². The summed E-state index contributed by atoms with van der Waals surface area (Å²) in [6, 6.07) is 9.35. The molecule has 4 unspecified atom stereocenters. The molecule has 0 saturated carbocycles. The van der Waals surface area contributed by atoms with E-state index in [0.29, 0.717) is 24.5 Å². The number of aryl methyl sites for hydroxylation is 1. The van der Waals surface area contributed by atoms with Gasteiger partial charge in [0.25, 0.3) is 0 Å². The minimum absolute atomic E-state index is 0.179. The van der Waals surface area contributed by atoms with E-state index in [1.165, 1.54) is 11.1 Å². The van der Waals surface area contributed by atoms with Crippen LogP contribution in [0.25, 0.3) is 0 Å². The van der Waals surface area contributed by atoms with Gasteiger partial charge in [-0.1, -0.05) is 12.1 Å². The summed E-state index contributed by atoms with van der Waals surface area (Å²) >= 11 is 0.